The van der Waals surface area contributed by atoms with Crippen molar-refractivity contribution in [3.63, 3.8) is 0 Å². The van der Waals surface area contributed by atoms with Gasteiger partial charge in [-0.05, 0) is 16.3 Å². The fourth-order valence-electron chi connectivity index (χ4n) is 3.00. The van der Waals surface area contributed by atoms with Crippen LogP contribution in [0.2, 0.25) is 0 Å². The molecule has 22 heavy (non-hydrogen) atoms. The lowest BCUT2D eigenvalue weighted by atomic mass is 9.84. The van der Waals surface area contributed by atoms with E-state index in [1.807, 2.05) is 0 Å². The van der Waals surface area contributed by atoms with Gasteiger partial charge in [-0.3, -0.25) is 4.99 Å². The Balaban J connectivity index is 1.86. The van der Waals surface area contributed by atoms with E-state index in [0.29, 0.717) is 0 Å². The Morgan fingerprint density at radius 1 is 0.955 bits per heavy atom. The molecule has 2 aromatic carbocycles. The first-order valence-electron chi connectivity index (χ1n) is 7.93. The second kappa shape index (κ2) is 5.64. The highest BCUT2D eigenvalue weighted by atomic mass is 15.4. The number of guanidine groups is 1. The van der Waals surface area contributed by atoms with Gasteiger partial charge in [0.05, 0.1) is 6.54 Å². The summed E-state index contributed by atoms with van der Waals surface area (Å²) in [5.41, 5.74) is 1.38. The molecule has 0 aliphatic carbocycles. The zero-order valence-corrected chi connectivity index (χ0v) is 14.0. The summed E-state index contributed by atoms with van der Waals surface area (Å²) in [4.78, 5) is 9.35. The Bertz CT molecular complexity index is 691. The molecule has 0 amide bonds. The first-order valence-corrected chi connectivity index (χ1v) is 7.93. The van der Waals surface area contributed by atoms with Crippen molar-refractivity contribution in [3.8, 4) is 0 Å². The maximum atomic E-state index is 4.88. The Kier molecular flexibility index (Phi) is 3.81. The van der Waals surface area contributed by atoms with Gasteiger partial charge in [-0.25, -0.2) is 0 Å². The van der Waals surface area contributed by atoms with Gasteiger partial charge in [0.2, 0.25) is 0 Å². The molecule has 0 aromatic heterocycles. The molecule has 0 atom stereocenters. The number of rotatable bonds is 3. The number of nitrogens with zero attached hydrogens (tertiary/aromatic N) is 3. The van der Waals surface area contributed by atoms with E-state index in [-0.39, 0.29) is 5.41 Å². The molecule has 1 saturated heterocycles. The van der Waals surface area contributed by atoms with E-state index in [2.05, 4.69) is 80.2 Å². The minimum atomic E-state index is 0.0291. The predicted octanol–water partition coefficient (Wildman–Crippen LogP) is 3.35. The molecule has 0 radical (unpaired) electrons. The molecular formula is C19H25N3. The summed E-state index contributed by atoms with van der Waals surface area (Å²) in [6, 6.07) is 15.3. The Morgan fingerprint density at radius 3 is 2.27 bits per heavy atom. The van der Waals surface area contributed by atoms with E-state index in [1.165, 1.54) is 16.3 Å². The van der Waals surface area contributed by atoms with Crippen LogP contribution in [0.25, 0.3) is 10.8 Å². The first kappa shape index (κ1) is 14.9. The number of aliphatic imine (C=N–C) groups is 1. The fraction of sp³-hybridized carbons (Fsp3) is 0.421. The van der Waals surface area contributed by atoms with Crippen LogP contribution < -0.4 is 0 Å². The van der Waals surface area contributed by atoms with Crippen LogP contribution in [-0.4, -0.2) is 49.5 Å². The summed E-state index contributed by atoms with van der Waals surface area (Å²) in [6.45, 7) is 7.47. The maximum absolute atomic E-state index is 4.88. The first-order chi connectivity index (χ1) is 10.5. The van der Waals surface area contributed by atoms with E-state index >= 15 is 0 Å². The average molecular weight is 295 g/mol. The van der Waals surface area contributed by atoms with E-state index in [1.54, 1.807) is 0 Å². The Morgan fingerprint density at radius 2 is 1.59 bits per heavy atom. The Labute approximate surface area is 133 Å². The molecular weight excluding hydrogens is 270 g/mol. The van der Waals surface area contributed by atoms with Crippen molar-refractivity contribution in [2.24, 2.45) is 4.99 Å². The molecule has 0 spiro atoms. The molecule has 1 aliphatic heterocycles. The zero-order chi connectivity index (χ0) is 15.7. The number of benzene rings is 2. The van der Waals surface area contributed by atoms with Gasteiger partial charge in [0.15, 0.2) is 5.96 Å². The average Bonchev–Trinajstić information content (AvgIpc) is 2.83. The van der Waals surface area contributed by atoms with Gasteiger partial charge in [-0.2, -0.15) is 0 Å². The van der Waals surface area contributed by atoms with Gasteiger partial charge in [0.25, 0.3) is 0 Å². The van der Waals surface area contributed by atoms with Crippen LogP contribution in [0.4, 0.5) is 0 Å². The standard InChI is InChI=1S/C19H25N3/c1-19(2,14-20-18-21(3)11-12-22(18)4)17-10-9-15-7-5-6-8-16(15)13-17/h5-10,13H,11-12,14H2,1-4H3. The SMILES string of the molecule is CN1CCN(C)C1=NCC(C)(C)c1ccc2ccccc2c1. The Hall–Kier alpha value is -2.03. The van der Waals surface area contributed by atoms with E-state index in [0.717, 1.165) is 25.6 Å². The molecule has 0 saturated carbocycles. The van der Waals surface area contributed by atoms with Crippen molar-refractivity contribution in [2.45, 2.75) is 19.3 Å². The van der Waals surface area contributed by atoms with Crippen LogP contribution in [0.3, 0.4) is 0 Å². The molecule has 0 N–H and O–H groups in total. The third kappa shape index (κ3) is 2.80. The molecule has 3 heteroatoms. The highest BCUT2D eigenvalue weighted by molar-refractivity contribution is 5.83. The number of likely N-dealkylation sites (N-methyl/N-ethyl adjacent to an activating group) is 2. The summed E-state index contributed by atoms with van der Waals surface area (Å²) in [5, 5.41) is 2.60. The third-order valence-electron chi connectivity index (χ3n) is 4.60. The van der Waals surface area contributed by atoms with E-state index in [9.17, 15) is 0 Å². The molecule has 3 rings (SSSR count). The van der Waals surface area contributed by atoms with Gasteiger partial charge in [-0.15, -0.1) is 0 Å². The largest absolute Gasteiger partial charge is 0.344 e. The lowest BCUT2D eigenvalue weighted by molar-refractivity contribution is 0.515. The van der Waals surface area contributed by atoms with E-state index < -0.39 is 0 Å². The summed E-state index contributed by atoms with van der Waals surface area (Å²) in [5.74, 6) is 1.11. The molecule has 0 unspecified atom stereocenters. The van der Waals surface area contributed by atoms with Crippen molar-refractivity contribution in [1.29, 1.82) is 0 Å². The summed E-state index contributed by atoms with van der Waals surface area (Å²) in [7, 11) is 4.23. The summed E-state index contributed by atoms with van der Waals surface area (Å²) < 4.78 is 0. The molecule has 2 aromatic rings. The van der Waals surface area contributed by atoms with Crippen LogP contribution in [-0.2, 0) is 5.41 Å². The van der Waals surface area contributed by atoms with Crippen molar-refractivity contribution >= 4 is 16.7 Å². The maximum Gasteiger partial charge on any atom is 0.196 e. The monoisotopic (exact) mass is 295 g/mol. The molecule has 1 heterocycles. The van der Waals surface area contributed by atoms with Gasteiger partial charge in [0.1, 0.15) is 0 Å². The number of hydrogen-bond acceptors (Lipinski definition) is 1. The number of fused-ring (bicyclic) bond motifs is 1. The van der Waals surface area contributed by atoms with Crippen LogP contribution in [0.15, 0.2) is 47.5 Å². The van der Waals surface area contributed by atoms with Crippen LogP contribution in [0.1, 0.15) is 19.4 Å². The molecule has 1 fully saturated rings. The molecule has 1 aliphatic rings. The lowest BCUT2D eigenvalue weighted by Crippen LogP contribution is -2.31. The van der Waals surface area contributed by atoms with Gasteiger partial charge in [0, 0.05) is 32.6 Å². The quantitative estimate of drug-likeness (QED) is 0.865. The van der Waals surface area contributed by atoms with Crippen molar-refractivity contribution < 1.29 is 0 Å². The van der Waals surface area contributed by atoms with Crippen molar-refractivity contribution in [3.05, 3.63) is 48.0 Å². The zero-order valence-electron chi connectivity index (χ0n) is 14.0. The van der Waals surface area contributed by atoms with Gasteiger partial charge >= 0.3 is 0 Å². The van der Waals surface area contributed by atoms with E-state index in [4.69, 9.17) is 4.99 Å². The van der Waals surface area contributed by atoms with Gasteiger partial charge < -0.3 is 9.80 Å². The third-order valence-corrected chi connectivity index (χ3v) is 4.60. The van der Waals surface area contributed by atoms with Crippen molar-refractivity contribution in [1.82, 2.24) is 9.80 Å². The second-order valence-electron chi connectivity index (χ2n) is 6.91. The van der Waals surface area contributed by atoms with Gasteiger partial charge in [-0.1, -0.05) is 56.3 Å². The minimum absolute atomic E-state index is 0.0291. The summed E-state index contributed by atoms with van der Waals surface area (Å²) in [6.07, 6.45) is 0. The molecule has 0 bridgehead atoms. The smallest absolute Gasteiger partial charge is 0.196 e. The number of hydrogen-bond donors (Lipinski definition) is 0. The second-order valence-corrected chi connectivity index (χ2v) is 6.91. The highest BCUT2D eigenvalue weighted by Crippen LogP contribution is 2.27. The highest BCUT2D eigenvalue weighted by Gasteiger charge is 2.24. The van der Waals surface area contributed by atoms with Crippen LogP contribution in [0, 0.1) is 0 Å². The molecule has 3 nitrogen and oxygen atoms in total. The molecule has 116 valence electrons. The fourth-order valence-corrected chi connectivity index (χ4v) is 3.00. The predicted molar refractivity (Wildman–Crippen MR) is 94.5 cm³/mol. The van der Waals surface area contributed by atoms with Crippen molar-refractivity contribution in [2.75, 3.05) is 33.7 Å². The topological polar surface area (TPSA) is 18.8 Å². The minimum Gasteiger partial charge on any atom is -0.344 e. The lowest BCUT2D eigenvalue weighted by Gasteiger charge is -2.25. The van der Waals surface area contributed by atoms with Crippen LogP contribution >= 0.6 is 0 Å². The van der Waals surface area contributed by atoms with Crippen LogP contribution in [0.5, 0.6) is 0 Å². The normalized spacial score (nSPS) is 15.7. The summed E-state index contributed by atoms with van der Waals surface area (Å²) >= 11 is 0.